The molecule has 2 atom stereocenters. The van der Waals surface area contributed by atoms with Crippen molar-refractivity contribution < 1.29 is 23.8 Å². The van der Waals surface area contributed by atoms with Crippen LogP contribution in [-0.2, 0) is 19.1 Å². The lowest BCUT2D eigenvalue weighted by atomic mass is 9.89. The number of hydrogen-bond donors (Lipinski definition) is 0. The van der Waals surface area contributed by atoms with Crippen molar-refractivity contribution in [3.05, 3.63) is 63.6 Å². The highest BCUT2D eigenvalue weighted by atomic mass is 35.5. The third-order valence-corrected chi connectivity index (χ3v) is 5.14. The van der Waals surface area contributed by atoms with E-state index in [-0.39, 0.29) is 29.8 Å². The van der Waals surface area contributed by atoms with Crippen LogP contribution in [0.1, 0.15) is 26.3 Å². The molecule has 0 radical (unpaired) electrons. The first-order valence-electron chi connectivity index (χ1n) is 9.17. The van der Waals surface area contributed by atoms with Crippen LogP contribution in [0.5, 0.6) is 11.5 Å². The third kappa shape index (κ3) is 4.57. The number of halogens is 2. The molecule has 0 fully saturated rings. The molecule has 3 rings (SSSR count). The summed E-state index contributed by atoms with van der Waals surface area (Å²) in [5.74, 6) is -0.200. The smallest absolute Gasteiger partial charge is 0.345 e. The van der Waals surface area contributed by atoms with Crippen LogP contribution in [0.25, 0.3) is 5.76 Å². The molecule has 29 heavy (non-hydrogen) atoms. The Hall–Kier alpha value is -2.50. The molecule has 2 aromatic rings. The van der Waals surface area contributed by atoms with Crippen molar-refractivity contribution >= 4 is 40.7 Å². The molecule has 0 spiro atoms. The first kappa shape index (κ1) is 21.2. The van der Waals surface area contributed by atoms with Gasteiger partial charge in [-0.1, -0.05) is 30.1 Å². The fourth-order valence-corrected chi connectivity index (χ4v) is 3.31. The van der Waals surface area contributed by atoms with Gasteiger partial charge in [-0.15, -0.1) is 0 Å². The van der Waals surface area contributed by atoms with E-state index >= 15 is 0 Å². The maximum atomic E-state index is 12.7. The number of benzene rings is 2. The topological polar surface area (TPSA) is 61.8 Å². The Kier molecular flexibility index (Phi) is 6.50. The molecule has 0 aromatic heterocycles. The second kappa shape index (κ2) is 8.89. The van der Waals surface area contributed by atoms with E-state index in [1.807, 2.05) is 0 Å². The van der Waals surface area contributed by atoms with Crippen molar-refractivity contribution in [3.8, 4) is 11.5 Å². The Morgan fingerprint density at radius 1 is 1.10 bits per heavy atom. The van der Waals surface area contributed by atoms with E-state index in [1.165, 1.54) is 0 Å². The average Bonchev–Trinajstić information content (AvgIpc) is 2.68. The zero-order valence-corrected chi connectivity index (χ0v) is 17.7. The Morgan fingerprint density at radius 2 is 1.79 bits per heavy atom. The van der Waals surface area contributed by atoms with E-state index in [2.05, 4.69) is 0 Å². The van der Waals surface area contributed by atoms with E-state index in [0.29, 0.717) is 27.1 Å². The molecule has 0 bridgehead atoms. The molecule has 0 aliphatic carbocycles. The summed E-state index contributed by atoms with van der Waals surface area (Å²) < 4.78 is 16.7. The summed E-state index contributed by atoms with van der Waals surface area (Å²) >= 11 is 12.0. The van der Waals surface area contributed by atoms with Crippen molar-refractivity contribution in [2.45, 2.75) is 26.9 Å². The van der Waals surface area contributed by atoms with Crippen molar-refractivity contribution in [2.24, 2.45) is 5.92 Å². The fourth-order valence-electron chi connectivity index (χ4n) is 2.87. The summed E-state index contributed by atoms with van der Waals surface area (Å²) in [4.78, 5) is 25.1. The molecule has 0 saturated heterocycles. The third-order valence-electron chi connectivity index (χ3n) is 4.61. The van der Waals surface area contributed by atoms with Crippen molar-refractivity contribution in [2.75, 3.05) is 6.61 Å². The fraction of sp³-hybridized carbons (Fsp3) is 0.273. The van der Waals surface area contributed by atoms with Gasteiger partial charge >= 0.3 is 5.97 Å². The van der Waals surface area contributed by atoms with E-state index in [9.17, 15) is 9.59 Å². The first-order valence-corrected chi connectivity index (χ1v) is 9.93. The van der Waals surface area contributed by atoms with Crippen LogP contribution < -0.4 is 4.74 Å². The predicted molar refractivity (Wildman–Crippen MR) is 111 cm³/mol. The van der Waals surface area contributed by atoms with E-state index in [1.54, 1.807) is 63.2 Å². The molecule has 5 nitrogen and oxygen atoms in total. The number of carbonyl (C=O) groups excluding carboxylic acids is 2. The second-order valence-corrected chi connectivity index (χ2v) is 7.45. The van der Waals surface area contributed by atoms with E-state index < -0.39 is 11.9 Å². The monoisotopic (exact) mass is 434 g/mol. The number of ether oxygens (including phenoxy) is 3. The average molecular weight is 435 g/mol. The first-order chi connectivity index (χ1) is 13.8. The largest absolute Gasteiger partial charge is 0.488 e. The van der Waals surface area contributed by atoms with Crippen molar-refractivity contribution in [1.29, 1.82) is 0 Å². The number of esters is 1. The molecule has 1 aliphatic rings. The highest BCUT2D eigenvalue weighted by Gasteiger charge is 2.38. The zero-order valence-electron chi connectivity index (χ0n) is 16.2. The number of hydrogen-bond acceptors (Lipinski definition) is 5. The maximum Gasteiger partial charge on any atom is 0.345 e. The highest BCUT2D eigenvalue weighted by Crippen LogP contribution is 2.35. The Morgan fingerprint density at radius 3 is 2.41 bits per heavy atom. The Balaban J connectivity index is 1.93. The number of carbonyl (C=O) groups is 2. The van der Waals surface area contributed by atoms with Crippen LogP contribution in [0.4, 0.5) is 0 Å². The van der Waals surface area contributed by atoms with Crippen LogP contribution >= 0.6 is 23.2 Å². The van der Waals surface area contributed by atoms with Gasteiger partial charge in [0.2, 0.25) is 0 Å². The van der Waals surface area contributed by atoms with Crippen LogP contribution in [0, 0.1) is 5.92 Å². The minimum absolute atomic E-state index is 0.0631. The number of rotatable bonds is 5. The van der Waals surface area contributed by atoms with Gasteiger partial charge in [0, 0.05) is 10.6 Å². The molecule has 1 aliphatic heterocycles. The minimum atomic E-state index is -0.681. The Labute approximate surface area is 179 Å². The summed E-state index contributed by atoms with van der Waals surface area (Å²) in [6.45, 7) is 5.38. The van der Waals surface area contributed by atoms with Gasteiger partial charge in [0.25, 0.3) is 0 Å². The summed E-state index contributed by atoms with van der Waals surface area (Å²) in [5.41, 5.74) is 0.515. The van der Waals surface area contributed by atoms with Crippen LogP contribution in [0.2, 0.25) is 10.0 Å². The standard InChI is InChI=1S/C22H20Cl2O5/c1-4-27-22(26)19-20(25)12(2)13(3)28-21(19)14-5-8-16(9-6-14)29-18-10-7-15(23)11-17(18)24/h5-13H,4H2,1-3H3. The van der Waals surface area contributed by atoms with Gasteiger partial charge < -0.3 is 14.2 Å². The number of Topliss-reactive ketones (excluding diaryl/α,β-unsaturated/α-hetero) is 1. The van der Waals surface area contributed by atoms with Gasteiger partial charge in [-0.05, 0) is 56.3 Å². The molecule has 1 heterocycles. The molecule has 2 unspecified atom stereocenters. The lowest BCUT2D eigenvalue weighted by molar-refractivity contribution is -0.141. The number of ketones is 1. The quantitative estimate of drug-likeness (QED) is 0.447. The van der Waals surface area contributed by atoms with Crippen LogP contribution in [-0.4, -0.2) is 24.5 Å². The second-order valence-electron chi connectivity index (χ2n) is 6.60. The normalized spacial score (nSPS) is 19.0. The molecular formula is C22H20Cl2O5. The molecule has 0 N–H and O–H groups in total. The van der Waals surface area contributed by atoms with Crippen LogP contribution in [0.15, 0.2) is 48.0 Å². The maximum absolute atomic E-state index is 12.7. The molecule has 0 amide bonds. The van der Waals surface area contributed by atoms with E-state index in [0.717, 1.165) is 0 Å². The minimum Gasteiger partial charge on any atom is -0.488 e. The lowest BCUT2D eigenvalue weighted by Crippen LogP contribution is -2.35. The van der Waals surface area contributed by atoms with Gasteiger partial charge in [0.1, 0.15) is 28.9 Å². The summed E-state index contributed by atoms with van der Waals surface area (Å²) in [7, 11) is 0. The predicted octanol–water partition coefficient (Wildman–Crippen LogP) is 5.68. The summed E-state index contributed by atoms with van der Waals surface area (Å²) in [6.07, 6.45) is -0.362. The molecular weight excluding hydrogens is 415 g/mol. The summed E-state index contributed by atoms with van der Waals surface area (Å²) in [5, 5.41) is 0.900. The molecule has 0 saturated carbocycles. The van der Waals surface area contributed by atoms with Crippen molar-refractivity contribution in [3.63, 3.8) is 0 Å². The highest BCUT2D eigenvalue weighted by molar-refractivity contribution is 6.35. The van der Waals surface area contributed by atoms with Gasteiger partial charge in [0.05, 0.1) is 17.5 Å². The van der Waals surface area contributed by atoms with Gasteiger partial charge in [-0.25, -0.2) is 4.79 Å². The molecule has 152 valence electrons. The molecule has 7 heteroatoms. The molecule has 2 aromatic carbocycles. The van der Waals surface area contributed by atoms with Crippen LogP contribution in [0.3, 0.4) is 0 Å². The summed E-state index contributed by atoms with van der Waals surface area (Å²) in [6, 6.07) is 11.8. The van der Waals surface area contributed by atoms with Crippen molar-refractivity contribution in [1.82, 2.24) is 0 Å². The van der Waals surface area contributed by atoms with Gasteiger partial charge in [0.15, 0.2) is 5.78 Å². The SMILES string of the molecule is CCOC(=O)C1=C(c2ccc(Oc3ccc(Cl)cc3Cl)cc2)OC(C)C(C)C1=O. The zero-order chi connectivity index (χ0) is 21.1. The van der Waals surface area contributed by atoms with Gasteiger partial charge in [-0.2, -0.15) is 0 Å². The van der Waals surface area contributed by atoms with Gasteiger partial charge in [-0.3, -0.25) is 4.79 Å². The Bertz CT molecular complexity index is 966. The lowest BCUT2D eigenvalue weighted by Gasteiger charge is -2.29. The van der Waals surface area contributed by atoms with E-state index in [4.69, 9.17) is 37.4 Å².